The zero-order valence-corrected chi connectivity index (χ0v) is 9.50. The molecule has 0 aromatic heterocycles. The summed E-state index contributed by atoms with van der Waals surface area (Å²) >= 11 is 5.37. The topological polar surface area (TPSA) is 35.5 Å². The van der Waals surface area contributed by atoms with E-state index in [1.165, 1.54) is 0 Å². The van der Waals surface area contributed by atoms with Crippen LogP contribution in [0.1, 0.15) is 23.7 Å². The standard InChI is InChI=1S/C11H13ClO3/c1-3-6-15-10-7-8(11(12)13)4-5-9(10)14-2/h4-5,7H,3,6H2,1-2H3. The van der Waals surface area contributed by atoms with Crippen molar-refractivity contribution in [2.75, 3.05) is 13.7 Å². The van der Waals surface area contributed by atoms with Crippen LogP contribution < -0.4 is 9.47 Å². The second kappa shape index (κ2) is 5.61. The van der Waals surface area contributed by atoms with Crippen LogP contribution in [0.3, 0.4) is 0 Å². The van der Waals surface area contributed by atoms with Crippen LogP contribution in [-0.2, 0) is 0 Å². The minimum atomic E-state index is -0.501. The summed E-state index contributed by atoms with van der Waals surface area (Å²) in [5.74, 6) is 1.15. The van der Waals surface area contributed by atoms with E-state index in [0.29, 0.717) is 23.7 Å². The van der Waals surface area contributed by atoms with Crippen molar-refractivity contribution in [1.29, 1.82) is 0 Å². The maximum absolute atomic E-state index is 10.9. The van der Waals surface area contributed by atoms with Gasteiger partial charge < -0.3 is 9.47 Å². The number of carbonyl (C=O) groups excluding carboxylic acids is 1. The van der Waals surface area contributed by atoms with E-state index in [-0.39, 0.29) is 0 Å². The van der Waals surface area contributed by atoms with E-state index in [4.69, 9.17) is 21.1 Å². The number of halogens is 1. The van der Waals surface area contributed by atoms with Crippen molar-refractivity contribution in [1.82, 2.24) is 0 Å². The number of rotatable bonds is 5. The molecule has 0 aliphatic rings. The molecule has 4 heteroatoms. The van der Waals surface area contributed by atoms with Crippen LogP contribution in [0.15, 0.2) is 18.2 Å². The van der Waals surface area contributed by atoms with Crippen molar-refractivity contribution in [2.45, 2.75) is 13.3 Å². The van der Waals surface area contributed by atoms with Gasteiger partial charge >= 0.3 is 0 Å². The molecule has 0 spiro atoms. The molecule has 0 fully saturated rings. The van der Waals surface area contributed by atoms with Crippen molar-refractivity contribution in [3.8, 4) is 11.5 Å². The molecule has 3 nitrogen and oxygen atoms in total. The SMILES string of the molecule is CCCOc1cc(C(=O)Cl)ccc1OC. The van der Waals surface area contributed by atoms with Gasteiger partial charge in [-0.1, -0.05) is 6.92 Å². The van der Waals surface area contributed by atoms with Gasteiger partial charge in [-0.2, -0.15) is 0 Å². The largest absolute Gasteiger partial charge is 0.493 e. The Morgan fingerprint density at radius 3 is 2.67 bits per heavy atom. The maximum Gasteiger partial charge on any atom is 0.252 e. The lowest BCUT2D eigenvalue weighted by atomic mass is 10.2. The fourth-order valence-corrected chi connectivity index (χ4v) is 1.24. The molecular formula is C11H13ClO3. The highest BCUT2D eigenvalue weighted by molar-refractivity contribution is 6.67. The summed E-state index contributed by atoms with van der Waals surface area (Å²) in [6, 6.07) is 4.86. The number of carbonyl (C=O) groups is 1. The quantitative estimate of drug-likeness (QED) is 0.727. The van der Waals surface area contributed by atoms with Gasteiger partial charge in [0.1, 0.15) is 0 Å². The summed E-state index contributed by atoms with van der Waals surface area (Å²) in [5, 5.41) is -0.501. The average molecular weight is 229 g/mol. The Morgan fingerprint density at radius 1 is 1.40 bits per heavy atom. The van der Waals surface area contributed by atoms with E-state index < -0.39 is 5.24 Å². The van der Waals surface area contributed by atoms with Gasteiger partial charge in [0.15, 0.2) is 11.5 Å². The molecule has 1 aromatic carbocycles. The Balaban J connectivity index is 2.96. The predicted octanol–water partition coefficient (Wildman–Crippen LogP) is 2.86. The highest BCUT2D eigenvalue weighted by Gasteiger charge is 2.08. The van der Waals surface area contributed by atoms with Crippen LogP contribution in [0.2, 0.25) is 0 Å². The van der Waals surface area contributed by atoms with Crippen molar-refractivity contribution in [2.24, 2.45) is 0 Å². The molecule has 0 aliphatic carbocycles. The van der Waals surface area contributed by atoms with Gasteiger partial charge in [-0.25, -0.2) is 0 Å². The normalized spacial score (nSPS) is 9.80. The van der Waals surface area contributed by atoms with Crippen LogP contribution in [0.25, 0.3) is 0 Å². The van der Waals surface area contributed by atoms with Crippen LogP contribution in [-0.4, -0.2) is 19.0 Å². The molecule has 0 N–H and O–H groups in total. The lowest BCUT2D eigenvalue weighted by Crippen LogP contribution is -1.99. The number of hydrogen-bond donors (Lipinski definition) is 0. The van der Waals surface area contributed by atoms with Crippen molar-refractivity contribution < 1.29 is 14.3 Å². The number of ether oxygens (including phenoxy) is 2. The first-order valence-corrected chi connectivity index (χ1v) is 5.07. The molecule has 15 heavy (non-hydrogen) atoms. The van der Waals surface area contributed by atoms with Gasteiger partial charge in [-0.05, 0) is 36.2 Å². The van der Waals surface area contributed by atoms with Crippen molar-refractivity contribution in [3.63, 3.8) is 0 Å². The average Bonchev–Trinajstić information content (AvgIpc) is 2.25. The highest BCUT2D eigenvalue weighted by atomic mass is 35.5. The first-order valence-electron chi connectivity index (χ1n) is 4.69. The molecular weight excluding hydrogens is 216 g/mol. The molecule has 0 unspecified atom stereocenters. The minimum Gasteiger partial charge on any atom is -0.493 e. The lowest BCUT2D eigenvalue weighted by Gasteiger charge is -2.10. The highest BCUT2D eigenvalue weighted by Crippen LogP contribution is 2.28. The first kappa shape index (κ1) is 11.9. The van der Waals surface area contributed by atoms with Gasteiger partial charge in [0.05, 0.1) is 13.7 Å². The Kier molecular flexibility index (Phi) is 4.43. The van der Waals surface area contributed by atoms with Gasteiger partial charge in [-0.3, -0.25) is 4.79 Å². The van der Waals surface area contributed by atoms with Gasteiger partial charge in [0, 0.05) is 5.56 Å². The van der Waals surface area contributed by atoms with E-state index >= 15 is 0 Å². The summed E-state index contributed by atoms with van der Waals surface area (Å²) in [4.78, 5) is 10.9. The Hall–Kier alpha value is -1.22. The molecule has 0 saturated heterocycles. The Labute approximate surface area is 93.9 Å². The molecule has 0 radical (unpaired) electrons. The van der Waals surface area contributed by atoms with Crippen LogP contribution >= 0.6 is 11.6 Å². The van der Waals surface area contributed by atoms with Crippen molar-refractivity contribution >= 4 is 16.8 Å². The Morgan fingerprint density at radius 2 is 2.13 bits per heavy atom. The third kappa shape index (κ3) is 3.13. The van der Waals surface area contributed by atoms with Crippen LogP contribution in [0.4, 0.5) is 0 Å². The molecule has 1 rings (SSSR count). The molecule has 0 aliphatic heterocycles. The maximum atomic E-state index is 10.9. The summed E-state index contributed by atoms with van der Waals surface area (Å²) < 4.78 is 10.5. The van der Waals surface area contributed by atoms with E-state index in [2.05, 4.69) is 0 Å². The van der Waals surface area contributed by atoms with Gasteiger partial charge in [-0.15, -0.1) is 0 Å². The zero-order chi connectivity index (χ0) is 11.3. The second-order valence-electron chi connectivity index (χ2n) is 2.99. The predicted molar refractivity (Wildman–Crippen MR) is 59.0 cm³/mol. The molecule has 0 atom stereocenters. The Bertz CT molecular complexity index is 350. The number of hydrogen-bond acceptors (Lipinski definition) is 3. The number of benzene rings is 1. The minimum absolute atomic E-state index is 0.406. The third-order valence-corrected chi connectivity index (χ3v) is 2.07. The molecule has 1 aromatic rings. The molecule has 82 valence electrons. The van der Waals surface area contributed by atoms with E-state index in [9.17, 15) is 4.79 Å². The first-order chi connectivity index (χ1) is 7.19. The number of methoxy groups -OCH3 is 1. The third-order valence-electron chi connectivity index (χ3n) is 1.85. The molecule has 0 heterocycles. The van der Waals surface area contributed by atoms with Gasteiger partial charge in [0.25, 0.3) is 5.24 Å². The van der Waals surface area contributed by atoms with Crippen molar-refractivity contribution in [3.05, 3.63) is 23.8 Å². The smallest absolute Gasteiger partial charge is 0.252 e. The summed E-state index contributed by atoms with van der Waals surface area (Å²) in [6.45, 7) is 2.58. The van der Waals surface area contributed by atoms with Crippen LogP contribution in [0, 0.1) is 0 Å². The van der Waals surface area contributed by atoms with Gasteiger partial charge in [0.2, 0.25) is 0 Å². The zero-order valence-electron chi connectivity index (χ0n) is 8.75. The summed E-state index contributed by atoms with van der Waals surface area (Å²) in [7, 11) is 1.55. The molecule has 0 bridgehead atoms. The van der Waals surface area contributed by atoms with E-state index in [1.807, 2.05) is 6.92 Å². The summed E-state index contributed by atoms with van der Waals surface area (Å²) in [6.07, 6.45) is 0.891. The fourth-order valence-electron chi connectivity index (χ4n) is 1.12. The van der Waals surface area contributed by atoms with Crippen LogP contribution in [0.5, 0.6) is 11.5 Å². The van der Waals surface area contributed by atoms with E-state index in [0.717, 1.165) is 6.42 Å². The lowest BCUT2D eigenvalue weighted by molar-refractivity contribution is 0.108. The van der Waals surface area contributed by atoms with E-state index in [1.54, 1.807) is 25.3 Å². The summed E-state index contributed by atoms with van der Waals surface area (Å²) in [5.41, 5.74) is 0.406. The second-order valence-corrected chi connectivity index (χ2v) is 3.33. The molecule has 0 amide bonds. The monoisotopic (exact) mass is 228 g/mol. The molecule has 0 saturated carbocycles. The fraction of sp³-hybridized carbons (Fsp3) is 0.364.